The molecule has 0 heterocycles. The zero-order valence-electron chi connectivity index (χ0n) is 12.4. The summed E-state index contributed by atoms with van der Waals surface area (Å²) in [7, 11) is 0. The van der Waals surface area contributed by atoms with Crippen LogP contribution in [0.3, 0.4) is 0 Å². The summed E-state index contributed by atoms with van der Waals surface area (Å²) < 4.78 is 0. The Morgan fingerprint density at radius 3 is 2.59 bits per heavy atom. The van der Waals surface area contributed by atoms with Crippen molar-refractivity contribution in [3.05, 3.63) is 65.7 Å². The van der Waals surface area contributed by atoms with Crippen LogP contribution in [-0.4, -0.2) is 5.11 Å². The summed E-state index contributed by atoms with van der Waals surface area (Å²) in [6.45, 7) is 0. The minimum atomic E-state index is 0.481. The molecule has 2 aliphatic rings. The fraction of sp³-hybridized carbons (Fsp3) is 0.238. The fourth-order valence-electron chi connectivity index (χ4n) is 4.74. The summed E-state index contributed by atoms with van der Waals surface area (Å²) >= 11 is 0. The Bertz CT molecular complexity index is 894. The highest BCUT2D eigenvalue weighted by Crippen LogP contribution is 2.58. The van der Waals surface area contributed by atoms with Gasteiger partial charge in [0.1, 0.15) is 5.75 Å². The Labute approximate surface area is 130 Å². The van der Waals surface area contributed by atoms with Crippen LogP contribution >= 0.6 is 0 Å². The van der Waals surface area contributed by atoms with Crippen molar-refractivity contribution >= 4 is 10.8 Å². The maximum Gasteiger partial charge on any atom is 0.120 e. The van der Waals surface area contributed by atoms with Gasteiger partial charge in [0.05, 0.1) is 0 Å². The Morgan fingerprint density at radius 2 is 1.64 bits per heavy atom. The average Bonchev–Trinajstić information content (AvgIpc) is 3.04. The van der Waals surface area contributed by atoms with Gasteiger partial charge >= 0.3 is 0 Å². The van der Waals surface area contributed by atoms with Gasteiger partial charge in [-0.3, -0.25) is 0 Å². The van der Waals surface area contributed by atoms with Gasteiger partial charge in [0, 0.05) is 5.56 Å². The molecule has 1 fully saturated rings. The molecule has 2 atom stereocenters. The molecule has 3 aromatic rings. The first kappa shape index (κ1) is 12.3. The van der Waals surface area contributed by atoms with Crippen LogP contribution in [0.4, 0.5) is 0 Å². The van der Waals surface area contributed by atoms with Gasteiger partial charge in [-0.2, -0.15) is 0 Å². The van der Waals surface area contributed by atoms with E-state index in [4.69, 9.17) is 0 Å². The molecule has 0 aliphatic heterocycles. The number of rotatable bonds is 0. The number of hydrogen-bond donors (Lipinski definition) is 1. The topological polar surface area (TPSA) is 20.2 Å². The number of phenols is 1. The van der Waals surface area contributed by atoms with E-state index in [1.165, 1.54) is 46.9 Å². The molecule has 1 nitrogen and oxygen atoms in total. The quantitative estimate of drug-likeness (QED) is 0.572. The Balaban J connectivity index is 1.97. The zero-order valence-corrected chi connectivity index (χ0v) is 12.4. The molecule has 2 aliphatic carbocycles. The van der Waals surface area contributed by atoms with Gasteiger partial charge in [-0.15, -0.1) is 0 Å². The van der Waals surface area contributed by atoms with Gasteiger partial charge in [-0.1, -0.05) is 55.0 Å². The van der Waals surface area contributed by atoms with E-state index in [0.717, 1.165) is 5.39 Å². The second-order valence-corrected chi connectivity index (χ2v) is 6.64. The second-order valence-electron chi connectivity index (χ2n) is 6.64. The second kappa shape index (κ2) is 4.36. The van der Waals surface area contributed by atoms with E-state index in [1.54, 1.807) is 0 Å². The van der Waals surface area contributed by atoms with Crippen molar-refractivity contribution in [1.29, 1.82) is 0 Å². The van der Waals surface area contributed by atoms with Gasteiger partial charge in [0.2, 0.25) is 0 Å². The van der Waals surface area contributed by atoms with Gasteiger partial charge in [-0.25, -0.2) is 0 Å². The molecule has 0 radical (unpaired) electrons. The molecule has 1 heteroatoms. The van der Waals surface area contributed by atoms with Crippen LogP contribution in [0.1, 0.15) is 42.2 Å². The van der Waals surface area contributed by atoms with Crippen molar-refractivity contribution in [2.24, 2.45) is 0 Å². The molecule has 5 rings (SSSR count). The van der Waals surface area contributed by atoms with Crippen molar-refractivity contribution in [3.63, 3.8) is 0 Å². The largest absolute Gasteiger partial charge is 0.508 e. The minimum absolute atomic E-state index is 0.481. The Hall–Kier alpha value is -2.28. The third kappa shape index (κ3) is 1.49. The third-order valence-electron chi connectivity index (χ3n) is 5.58. The molecule has 0 spiro atoms. The standard InChI is InChI=1S/C21H18O/c22-19-12-13-6-1-2-7-14(13)20-17-9-4-3-8-15(17)16-10-5-11-18(16)21(19)20/h1-4,6-9,12,16,18,22H,5,10-11H2. The SMILES string of the molecule is Oc1cc2ccccc2c2c1C1CCCC1c1ccccc1-2. The van der Waals surface area contributed by atoms with Crippen molar-refractivity contribution in [2.45, 2.75) is 31.1 Å². The normalized spacial score (nSPS) is 22.2. The van der Waals surface area contributed by atoms with Crippen LogP contribution in [0.2, 0.25) is 0 Å². The van der Waals surface area contributed by atoms with Crippen LogP contribution < -0.4 is 0 Å². The van der Waals surface area contributed by atoms with E-state index in [0.29, 0.717) is 17.6 Å². The highest BCUT2D eigenvalue weighted by molar-refractivity contribution is 6.01. The van der Waals surface area contributed by atoms with Gasteiger partial charge in [0.15, 0.2) is 0 Å². The van der Waals surface area contributed by atoms with Crippen LogP contribution in [0.25, 0.3) is 21.9 Å². The van der Waals surface area contributed by atoms with E-state index in [9.17, 15) is 5.11 Å². The highest BCUT2D eigenvalue weighted by atomic mass is 16.3. The summed E-state index contributed by atoms with van der Waals surface area (Å²) in [5.41, 5.74) is 5.27. The lowest BCUT2D eigenvalue weighted by Gasteiger charge is -2.32. The lowest BCUT2D eigenvalue weighted by atomic mass is 9.71. The first-order chi connectivity index (χ1) is 10.8. The summed E-state index contributed by atoms with van der Waals surface area (Å²) in [6.07, 6.45) is 3.70. The highest BCUT2D eigenvalue weighted by Gasteiger charge is 2.39. The number of fused-ring (bicyclic) bond motifs is 8. The smallest absolute Gasteiger partial charge is 0.120 e. The van der Waals surface area contributed by atoms with E-state index in [-0.39, 0.29) is 0 Å². The number of hydrogen-bond acceptors (Lipinski definition) is 1. The summed E-state index contributed by atoms with van der Waals surface area (Å²) in [4.78, 5) is 0. The molecule has 1 N–H and O–H groups in total. The molecule has 3 aromatic carbocycles. The summed E-state index contributed by atoms with van der Waals surface area (Å²) in [5, 5.41) is 13.1. The van der Waals surface area contributed by atoms with E-state index >= 15 is 0 Å². The van der Waals surface area contributed by atoms with Crippen LogP contribution in [0, 0.1) is 0 Å². The zero-order chi connectivity index (χ0) is 14.7. The summed E-state index contributed by atoms with van der Waals surface area (Å²) in [6, 6.07) is 19.2. The monoisotopic (exact) mass is 286 g/mol. The summed E-state index contributed by atoms with van der Waals surface area (Å²) in [5.74, 6) is 1.55. The molecule has 0 bridgehead atoms. The number of phenolic OH excluding ortho intramolecular Hbond substituents is 1. The molecule has 2 unspecified atom stereocenters. The molecular weight excluding hydrogens is 268 g/mol. The van der Waals surface area contributed by atoms with Crippen molar-refractivity contribution in [2.75, 3.05) is 0 Å². The molecule has 108 valence electrons. The first-order valence-electron chi connectivity index (χ1n) is 8.18. The molecular formula is C21H18O. The van der Waals surface area contributed by atoms with E-state index < -0.39 is 0 Å². The maximum atomic E-state index is 10.7. The molecule has 22 heavy (non-hydrogen) atoms. The fourth-order valence-corrected chi connectivity index (χ4v) is 4.74. The lowest BCUT2D eigenvalue weighted by molar-refractivity contribution is 0.456. The van der Waals surface area contributed by atoms with Crippen LogP contribution in [0.15, 0.2) is 54.6 Å². The lowest BCUT2D eigenvalue weighted by Crippen LogP contribution is -2.13. The number of aromatic hydroxyl groups is 1. The van der Waals surface area contributed by atoms with Crippen LogP contribution in [0.5, 0.6) is 5.75 Å². The molecule has 1 saturated carbocycles. The Kier molecular flexibility index (Phi) is 2.43. The van der Waals surface area contributed by atoms with Crippen LogP contribution in [-0.2, 0) is 0 Å². The van der Waals surface area contributed by atoms with Crippen molar-refractivity contribution in [1.82, 2.24) is 0 Å². The van der Waals surface area contributed by atoms with Gasteiger partial charge < -0.3 is 5.11 Å². The maximum absolute atomic E-state index is 10.7. The number of benzene rings is 3. The minimum Gasteiger partial charge on any atom is -0.508 e. The first-order valence-corrected chi connectivity index (χ1v) is 8.18. The predicted octanol–water partition coefficient (Wildman–Crippen LogP) is 5.58. The van der Waals surface area contributed by atoms with Crippen molar-refractivity contribution in [3.8, 4) is 16.9 Å². The molecule has 0 aromatic heterocycles. The predicted molar refractivity (Wildman–Crippen MR) is 90.4 cm³/mol. The van der Waals surface area contributed by atoms with Gasteiger partial charge in [-0.05, 0) is 58.2 Å². The van der Waals surface area contributed by atoms with Crippen molar-refractivity contribution < 1.29 is 5.11 Å². The average molecular weight is 286 g/mol. The van der Waals surface area contributed by atoms with E-state index in [1.807, 2.05) is 12.1 Å². The molecule has 0 amide bonds. The van der Waals surface area contributed by atoms with E-state index in [2.05, 4.69) is 42.5 Å². The third-order valence-corrected chi connectivity index (χ3v) is 5.58. The molecule has 0 saturated heterocycles. The van der Waals surface area contributed by atoms with Gasteiger partial charge in [0.25, 0.3) is 0 Å². The Morgan fingerprint density at radius 1 is 0.864 bits per heavy atom.